The molecule has 0 aromatic carbocycles. The molecule has 0 bridgehead atoms. The summed E-state index contributed by atoms with van der Waals surface area (Å²) in [6.45, 7) is 5.22. The van der Waals surface area contributed by atoms with Crippen molar-refractivity contribution in [3.63, 3.8) is 0 Å². The van der Waals surface area contributed by atoms with Crippen molar-refractivity contribution in [1.82, 2.24) is 0 Å². The first-order valence-corrected chi connectivity index (χ1v) is 2.73. The Morgan fingerprint density at radius 2 is 2.62 bits per heavy atom. The molecule has 0 aliphatic carbocycles. The molecule has 0 unspecified atom stereocenters. The van der Waals surface area contributed by atoms with Crippen molar-refractivity contribution in [2.75, 3.05) is 13.2 Å². The molecule has 0 fully saturated rings. The molecule has 0 amide bonds. The van der Waals surface area contributed by atoms with Gasteiger partial charge in [0.15, 0.2) is 0 Å². The van der Waals surface area contributed by atoms with Crippen LogP contribution in [0.4, 0.5) is 0 Å². The van der Waals surface area contributed by atoms with Gasteiger partial charge in [-0.15, -0.1) is 0 Å². The van der Waals surface area contributed by atoms with Crippen molar-refractivity contribution >= 4 is 5.90 Å². The maximum absolute atomic E-state index is 5.06. The van der Waals surface area contributed by atoms with Crippen LogP contribution < -0.4 is 0 Å². The zero-order valence-corrected chi connectivity index (χ0v) is 4.76. The van der Waals surface area contributed by atoms with Crippen molar-refractivity contribution in [2.45, 2.75) is 6.42 Å². The van der Waals surface area contributed by atoms with E-state index < -0.39 is 0 Å². The largest absolute Gasteiger partial charge is 0.478 e. The number of hydrogen-bond acceptors (Lipinski definition) is 2. The van der Waals surface area contributed by atoms with Gasteiger partial charge in [-0.05, 0) is 6.08 Å². The van der Waals surface area contributed by atoms with Gasteiger partial charge in [0, 0.05) is 13.0 Å². The average Bonchev–Trinajstić information content (AvgIpc) is 1.90. The van der Waals surface area contributed by atoms with Gasteiger partial charge in [-0.2, -0.15) is 0 Å². The van der Waals surface area contributed by atoms with E-state index in [1.165, 1.54) is 0 Å². The lowest BCUT2D eigenvalue weighted by Gasteiger charge is -2.08. The minimum Gasteiger partial charge on any atom is -0.478 e. The summed E-state index contributed by atoms with van der Waals surface area (Å²) in [6, 6.07) is 0. The Bertz CT molecular complexity index is 118. The third-order valence-electron chi connectivity index (χ3n) is 0.995. The minimum absolute atomic E-state index is 0.691. The Morgan fingerprint density at radius 3 is 3.00 bits per heavy atom. The molecule has 0 N–H and O–H groups in total. The standard InChI is InChI=1S/C6H9NO/c1-2-6-7-4-3-5-8-6/h2H,1,3-5H2. The molecule has 1 heterocycles. The first kappa shape index (κ1) is 5.35. The first-order valence-electron chi connectivity index (χ1n) is 2.73. The van der Waals surface area contributed by atoms with E-state index in [0.29, 0.717) is 5.90 Å². The second-order valence-electron chi connectivity index (χ2n) is 1.63. The second-order valence-corrected chi connectivity index (χ2v) is 1.63. The summed E-state index contributed by atoms with van der Waals surface area (Å²) < 4.78 is 5.06. The van der Waals surface area contributed by atoms with Crippen LogP contribution in [-0.2, 0) is 4.74 Å². The highest BCUT2D eigenvalue weighted by atomic mass is 16.5. The van der Waals surface area contributed by atoms with E-state index in [9.17, 15) is 0 Å². The maximum Gasteiger partial charge on any atom is 0.207 e. The molecule has 1 rings (SSSR count). The van der Waals surface area contributed by atoms with E-state index in [-0.39, 0.29) is 0 Å². The number of rotatable bonds is 1. The lowest BCUT2D eigenvalue weighted by molar-refractivity contribution is 0.285. The van der Waals surface area contributed by atoms with Gasteiger partial charge in [0.1, 0.15) is 0 Å². The monoisotopic (exact) mass is 111 g/mol. The van der Waals surface area contributed by atoms with E-state index in [1.807, 2.05) is 0 Å². The molecule has 8 heavy (non-hydrogen) atoms. The van der Waals surface area contributed by atoms with Gasteiger partial charge < -0.3 is 4.74 Å². The van der Waals surface area contributed by atoms with Gasteiger partial charge in [-0.25, -0.2) is 0 Å². The summed E-state index contributed by atoms with van der Waals surface area (Å²) in [6.07, 6.45) is 2.68. The van der Waals surface area contributed by atoms with Gasteiger partial charge in [-0.3, -0.25) is 4.99 Å². The fourth-order valence-electron chi connectivity index (χ4n) is 0.600. The second kappa shape index (κ2) is 2.50. The Balaban J connectivity index is 2.49. The van der Waals surface area contributed by atoms with Crippen molar-refractivity contribution in [3.05, 3.63) is 12.7 Å². The Kier molecular flexibility index (Phi) is 1.67. The molecule has 2 nitrogen and oxygen atoms in total. The van der Waals surface area contributed by atoms with Crippen LogP contribution in [-0.4, -0.2) is 19.0 Å². The molecule has 0 saturated carbocycles. The normalized spacial score (nSPS) is 18.8. The molecule has 0 atom stereocenters. The summed E-state index contributed by atoms with van der Waals surface area (Å²) in [5.74, 6) is 0.691. The zero-order chi connectivity index (χ0) is 5.82. The Labute approximate surface area is 48.9 Å². The maximum atomic E-state index is 5.06. The molecular weight excluding hydrogens is 102 g/mol. The van der Waals surface area contributed by atoms with Crippen molar-refractivity contribution in [3.8, 4) is 0 Å². The highest BCUT2D eigenvalue weighted by Gasteiger charge is 1.98. The van der Waals surface area contributed by atoms with Crippen LogP contribution in [0.2, 0.25) is 0 Å². The van der Waals surface area contributed by atoms with E-state index in [1.54, 1.807) is 6.08 Å². The molecule has 0 aromatic rings. The van der Waals surface area contributed by atoms with Crippen LogP contribution in [0.3, 0.4) is 0 Å². The number of hydrogen-bond donors (Lipinski definition) is 0. The Morgan fingerprint density at radius 1 is 1.75 bits per heavy atom. The third-order valence-corrected chi connectivity index (χ3v) is 0.995. The third kappa shape index (κ3) is 1.09. The SMILES string of the molecule is C=CC1=NCCCO1. The molecule has 1 aliphatic heterocycles. The molecule has 0 saturated heterocycles. The molecule has 2 heteroatoms. The van der Waals surface area contributed by atoms with Crippen molar-refractivity contribution in [1.29, 1.82) is 0 Å². The minimum atomic E-state index is 0.691. The molecule has 1 aliphatic rings. The summed E-state index contributed by atoms with van der Waals surface area (Å²) in [7, 11) is 0. The topological polar surface area (TPSA) is 21.6 Å². The smallest absolute Gasteiger partial charge is 0.207 e. The predicted molar refractivity (Wildman–Crippen MR) is 33.1 cm³/mol. The average molecular weight is 111 g/mol. The van der Waals surface area contributed by atoms with Gasteiger partial charge in [-0.1, -0.05) is 6.58 Å². The van der Waals surface area contributed by atoms with Crippen LogP contribution in [0.1, 0.15) is 6.42 Å². The summed E-state index contributed by atoms with van der Waals surface area (Å²) in [5, 5.41) is 0. The predicted octanol–water partition coefficient (Wildman–Crippen LogP) is 0.991. The van der Waals surface area contributed by atoms with Gasteiger partial charge >= 0.3 is 0 Å². The Hall–Kier alpha value is -0.790. The van der Waals surface area contributed by atoms with E-state index in [2.05, 4.69) is 11.6 Å². The van der Waals surface area contributed by atoms with Crippen LogP contribution >= 0.6 is 0 Å². The summed E-state index contributed by atoms with van der Waals surface area (Å²) >= 11 is 0. The van der Waals surface area contributed by atoms with Crippen LogP contribution in [0.15, 0.2) is 17.6 Å². The van der Waals surface area contributed by atoms with Gasteiger partial charge in [0.05, 0.1) is 6.61 Å². The fourth-order valence-corrected chi connectivity index (χ4v) is 0.600. The fraction of sp³-hybridized carbons (Fsp3) is 0.500. The highest BCUT2D eigenvalue weighted by molar-refractivity contribution is 5.87. The number of aliphatic imine (C=N–C) groups is 1. The lowest BCUT2D eigenvalue weighted by Crippen LogP contribution is -2.10. The van der Waals surface area contributed by atoms with Crippen LogP contribution in [0, 0.1) is 0 Å². The molecule has 44 valence electrons. The molecular formula is C6H9NO. The van der Waals surface area contributed by atoms with E-state index in [4.69, 9.17) is 4.74 Å². The van der Waals surface area contributed by atoms with E-state index >= 15 is 0 Å². The summed E-state index contributed by atoms with van der Waals surface area (Å²) in [5.41, 5.74) is 0. The number of ether oxygens (including phenoxy) is 1. The van der Waals surface area contributed by atoms with Gasteiger partial charge in [0.2, 0.25) is 5.90 Å². The highest BCUT2D eigenvalue weighted by Crippen LogP contribution is 1.95. The first-order chi connectivity index (χ1) is 3.93. The summed E-state index contributed by atoms with van der Waals surface area (Å²) in [4.78, 5) is 4.02. The van der Waals surface area contributed by atoms with Crippen LogP contribution in [0.5, 0.6) is 0 Å². The molecule has 0 radical (unpaired) electrons. The zero-order valence-electron chi connectivity index (χ0n) is 4.76. The van der Waals surface area contributed by atoms with Crippen molar-refractivity contribution in [2.24, 2.45) is 4.99 Å². The number of nitrogens with zero attached hydrogens (tertiary/aromatic N) is 1. The van der Waals surface area contributed by atoms with Crippen LogP contribution in [0.25, 0.3) is 0 Å². The lowest BCUT2D eigenvalue weighted by atomic mass is 10.4. The van der Waals surface area contributed by atoms with Gasteiger partial charge in [0.25, 0.3) is 0 Å². The van der Waals surface area contributed by atoms with Crippen molar-refractivity contribution < 1.29 is 4.74 Å². The quantitative estimate of drug-likeness (QED) is 0.494. The molecule has 0 spiro atoms. The van der Waals surface area contributed by atoms with E-state index in [0.717, 1.165) is 19.6 Å². The molecule has 0 aromatic heterocycles.